The monoisotopic (exact) mass is 328 g/mol. The Balaban J connectivity index is 1.70. The van der Waals surface area contributed by atoms with Gasteiger partial charge >= 0.3 is 0 Å². The summed E-state index contributed by atoms with van der Waals surface area (Å²) in [6.45, 7) is 2.61. The number of aromatic nitrogens is 2. The average molecular weight is 328 g/mol. The number of nitrogens with one attached hydrogen (secondary N) is 1. The molecule has 0 radical (unpaired) electrons. The van der Waals surface area contributed by atoms with Crippen LogP contribution in [-0.2, 0) is 0 Å². The summed E-state index contributed by atoms with van der Waals surface area (Å²) in [7, 11) is 0. The molecule has 128 valence electrons. The number of benzene rings is 1. The maximum atomic E-state index is 6.19. The molecule has 1 aromatic heterocycles. The van der Waals surface area contributed by atoms with Crippen molar-refractivity contribution >= 4 is 17.2 Å². The maximum absolute atomic E-state index is 6.19. The Morgan fingerprint density at radius 1 is 1.12 bits per heavy atom. The topological polar surface area (TPSA) is 82.3 Å². The van der Waals surface area contributed by atoms with Crippen LogP contribution in [0.1, 0.15) is 39.0 Å². The molecule has 1 aromatic carbocycles. The number of nitrogens with zero attached hydrogens (tertiary/aromatic N) is 2. The zero-order valence-corrected chi connectivity index (χ0v) is 14.0. The van der Waals surface area contributed by atoms with Crippen LogP contribution in [0, 0.1) is 0 Å². The Bertz CT molecular complexity index is 655. The third-order valence-corrected chi connectivity index (χ3v) is 4.11. The summed E-state index contributed by atoms with van der Waals surface area (Å²) in [5, 5.41) is 3.21. The zero-order chi connectivity index (χ0) is 16.8. The molecule has 1 aliphatic carbocycles. The van der Waals surface area contributed by atoms with E-state index in [1.54, 1.807) is 0 Å². The van der Waals surface area contributed by atoms with E-state index in [0.29, 0.717) is 24.0 Å². The van der Waals surface area contributed by atoms with Crippen molar-refractivity contribution < 1.29 is 9.47 Å². The molecule has 0 bridgehead atoms. The van der Waals surface area contributed by atoms with Crippen molar-refractivity contribution in [1.82, 2.24) is 9.97 Å². The van der Waals surface area contributed by atoms with Gasteiger partial charge in [-0.1, -0.05) is 6.42 Å². The lowest BCUT2D eigenvalue weighted by atomic mass is 9.98. The summed E-state index contributed by atoms with van der Waals surface area (Å²) in [5.41, 5.74) is 7.51. The molecule has 1 saturated carbocycles. The van der Waals surface area contributed by atoms with E-state index in [1.807, 2.05) is 31.2 Å². The van der Waals surface area contributed by atoms with E-state index in [1.165, 1.54) is 25.6 Å². The lowest BCUT2D eigenvalue weighted by molar-refractivity contribution is 0.149. The summed E-state index contributed by atoms with van der Waals surface area (Å²) >= 11 is 0. The SMILES string of the molecule is CCOc1ccc(Nc2ncnc(OC3CCCCC3)c2N)cc1. The number of rotatable bonds is 6. The third-order valence-electron chi connectivity index (χ3n) is 4.11. The van der Waals surface area contributed by atoms with Gasteiger partial charge in [0.2, 0.25) is 5.88 Å². The van der Waals surface area contributed by atoms with Crippen LogP contribution in [0.4, 0.5) is 17.2 Å². The van der Waals surface area contributed by atoms with E-state index in [9.17, 15) is 0 Å². The predicted molar refractivity (Wildman–Crippen MR) is 94.8 cm³/mol. The van der Waals surface area contributed by atoms with Gasteiger partial charge in [-0.05, 0) is 56.9 Å². The highest BCUT2D eigenvalue weighted by Gasteiger charge is 2.18. The van der Waals surface area contributed by atoms with Crippen molar-refractivity contribution in [1.29, 1.82) is 0 Å². The largest absolute Gasteiger partial charge is 0.494 e. The normalized spacial score (nSPS) is 15.0. The molecule has 0 amide bonds. The highest BCUT2D eigenvalue weighted by Crippen LogP contribution is 2.31. The summed E-state index contributed by atoms with van der Waals surface area (Å²) in [5.74, 6) is 1.85. The van der Waals surface area contributed by atoms with E-state index in [0.717, 1.165) is 24.3 Å². The molecule has 2 aromatic rings. The zero-order valence-electron chi connectivity index (χ0n) is 14.0. The molecule has 24 heavy (non-hydrogen) atoms. The molecule has 0 unspecified atom stereocenters. The summed E-state index contributed by atoms with van der Waals surface area (Å²) in [6.07, 6.45) is 7.49. The van der Waals surface area contributed by atoms with E-state index >= 15 is 0 Å². The fourth-order valence-corrected chi connectivity index (χ4v) is 2.85. The Morgan fingerprint density at radius 2 is 1.88 bits per heavy atom. The first kappa shape index (κ1) is 16.4. The van der Waals surface area contributed by atoms with Crippen molar-refractivity contribution in [2.24, 2.45) is 0 Å². The number of ether oxygens (including phenoxy) is 2. The van der Waals surface area contributed by atoms with Gasteiger partial charge in [0.25, 0.3) is 0 Å². The van der Waals surface area contributed by atoms with Crippen molar-refractivity contribution in [3.8, 4) is 11.6 Å². The van der Waals surface area contributed by atoms with E-state index in [2.05, 4.69) is 15.3 Å². The van der Waals surface area contributed by atoms with Gasteiger partial charge in [-0.15, -0.1) is 0 Å². The molecule has 0 aliphatic heterocycles. The lowest BCUT2D eigenvalue weighted by Gasteiger charge is -2.23. The highest BCUT2D eigenvalue weighted by molar-refractivity contribution is 5.72. The number of hydrogen-bond donors (Lipinski definition) is 2. The minimum absolute atomic E-state index is 0.203. The fourth-order valence-electron chi connectivity index (χ4n) is 2.85. The van der Waals surface area contributed by atoms with Crippen molar-refractivity contribution in [2.45, 2.75) is 45.1 Å². The third kappa shape index (κ3) is 4.07. The number of nitrogen functional groups attached to an aromatic ring is 1. The van der Waals surface area contributed by atoms with Crippen LogP contribution in [0.2, 0.25) is 0 Å². The molecule has 1 heterocycles. The number of hydrogen-bond acceptors (Lipinski definition) is 6. The molecule has 6 nitrogen and oxygen atoms in total. The Hall–Kier alpha value is -2.50. The average Bonchev–Trinajstić information content (AvgIpc) is 2.61. The first-order valence-electron chi connectivity index (χ1n) is 8.53. The summed E-state index contributed by atoms with van der Waals surface area (Å²) in [6, 6.07) is 7.66. The molecule has 0 spiro atoms. The molecule has 1 fully saturated rings. The second-order valence-electron chi connectivity index (χ2n) is 5.90. The molecule has 3 rings (SSSR count). The number of anilines is 3. The quantitative estimate of drug-likeness (QED) is 0.836. The molecular weight excluding hydrogens is 304 g/mol. The Labute approximate surface area is 142 Å². The molecular formula is C18H24N4O2. The molecule has 0 saturated heterocycles. The maximum Gasteiger partial charge on any atom is 0.242 e. The standard InChI is InChI=1S/C18H24N4O2/c1-2-23-14-10-8-13(9-11-14)22-17-16(19)18(21-12-20-17)24-15-6-4-3-5-7-15/h8-12,15H,2-7,19H2,1H3,(H,20,21,22). The number of nitrogens with two attached hydrogens (primary N) is 1. The van der Waals surface area contributed by atoms with E-state index in [4.69, 9.17) is 15.2 Å². The van der Waals surface area contributed by atoms with Crippen LogP contribution in [0.25, 0.3) is 0 Å². The first-order valence-corrected chi connectivity index (χ1v) is 8.53. The van der Waals surface area contributed by atoms with Crippen LogP contribution in [-0.4, -0.2) is 22.7 Å². The van der Waals surface area contributed by atoms with Crippen LogP contribution in [0.15, 0.2) is 30.6 Å². The van der Waals surface area contributed by atoms with E-state index < -0.39 is 0 Å². The van der Waals surface area contributed by atoms with Crippen LogP contribution < -0.4 is 20.5 Å². The van der Waals surface area contributed by atoms with Gasteiger partial charge in [0, 0.05) is 5.69 Å². The van der Waals surface area contributed by atoms with Crippen molar-refractivity contribution in [3.05, 3.63) is 30.6 Å². The summed E-state index contributed by atoms with van der Waals surface area (Å²) in [4.78, 5) is 8.42. The van der Waals surface area contributed by atoms with Gasteiger partial charge in [-0.3, -0.25) is 0 Å². The van der Waals surface area contributed by atoms with Gasteiger partial charge in [-0.2, -0.15) is 4.98 Å². The lowest BCUT2D eigenvalue weighted by Crippen LogP contribution is -2.21. The Morgan fingerprint density at radius 3 is 2.58 bits per heavy atom. The van der Waals surface area contributed by atoms with Crippen molar-refractivity contribution in [3.63, 3.8) is 0 Å². The van der Waals surface area contributed by atoms with Gasteiger partial charge in [0.15, 0.2) is 5.82 Å². The van der Waals surface area contributed by atoms with Crippen LogP contribution in [0.5, 0.6) is 11.6 Å². The second kappa shape index (κ2) is 7.86. The molecule has 6 heteroatoms. The molecule has 0 atom stereocenters. The highest BCUT2D eigenvalue weighted by atomic mass is 16.5. The molecule has 3 N–H and O–H groups in total. The van der Waals surface area contributed by atoms with Gasteiger partial charge in [0.1, 0.15) is 23.9 Å². The van der Waals surface area contributed by atoms with Crippen LogP contribution in [0.3, 0.4) is 0 Å². The second-order valence-corrected chi connectivity index (χ2v) is 5.90. The van der Waals surface area contributed by atoms with Crippen molar-refractivity contribution in [2.75, 3.05) is 17.7 Å². The van der Waals surface area contributed by atoms with Gasteiger partial charge in [0.05, 0.1) is 6.61 Å². The van der Waals surface area contributed by atoms with Gasteiger partial charge in [-0.25, -0.2) is 4.98 Å². The predicted octanol–water partition coefficient (Wildman–Crippen LogP) is 3.91. The molecule has 1 aliphatic rings. The first-order chi connectivity index (χ1) is 11.8. The minimum atomic E-state index is 0.203. The fraction of sp³-hybridized carbons (Fsp3) is 0.444. The Kier molecular flexibility index (Phi) is 5.36. The van der Waals surface area contributed by atoms with Crippen LogP contribution >= 0.6 is 0 Å². The van der Waals surface area contributed by atoms with E-state index in [-0.39, 0.29) is 6.10 Å². The smallest absolute Gasteiger partial charge is 0.242 e. The minimum Gasteiger partial charge on any atom is -0.494 e. The summed E-state index contributed by atoms with van der Waals surface area (Å²) < 4.78 is 11.4. The van der Waals surface area contributed by atoms with Gasteiger partial charge < -0.3 is 20.5 Å².